The van der Waals surface area contributed by atoms with E-state index >= 15 is 0 Å². The molecule has 0 bridgehead atoms. The van der Waals surface area contributed by atoms with Crippen LogP contribution in [0.2, 0.25) is 15.5 Å². The molecule has 6 aromatic rings. The summed E-state index contributed by atoms with van der Waals surface area (Å²) < 4.78 is 3.53. The number of hydrogen-bond donors (Lipinski definition) is 4. The summed E-state index contributed by atoms with van der Waals surface area (Å²) in [6, 6.07) is 0. The van der Waals surface area contributed by atoms with E-state index in [-0.39, 0.29) is 48.0 Å². The van der Waals surface area contributed by atoms with Gasteiger partial charge in [0.25, 0.3) is 0 Å². The van der Waals surface area contributed by atoms with Crippen LogP contribution in [0, 0.1) is 0 Å². The van der Waals surface area contributed by atoms with Gasteiger partial charge in [0, 0.05) is 27.5 Å². The Kier molecular flexibility index (Phi) is 12.1. The number of alkyl halides is 1. The van der Waals surface area contributed by atoms with E-state index in [1.54, 1.807) is 28.8 Å². The number of nitrogens with one attached hydrogen (secondary N) is 2. The minimum atomic E-state index is 0. The molecular weight excluding hydrogens is 603 g/mol. The van der Waals surface area contributed by atoms with Crippen LogP contribution in [0.15, 0.2) is 19.0 Å². The second-order valence-corrected chi connectivity index (χ2v) is 8.06. The van der Waals surface area contributed by atoms with Gasteiger partial charge in [-0.2, -0.15) is 29.9 Å². The van der Waals surface area contributed by atoms with Crippen LogP contribution in [0.3, 0.4) is 0 Å². The van der Waals surface area contributed by atoms with E-state index in [1.165, 1.54) is 12.7 Å². The molecular formula is C19H22Cl4N15Na. The summed E-state index contributed by atoms with van der Waals surface area (Å²) in [6.07, 6.45) is 6.24. The van der Waals surface area contributed by atoms with Gasteiger partial charge >= 0.3 is 29.6 Å². The van der Waals surface area contributed by atoms with Crippen molar-refractivity contribution in [3.8, 4) is 0 Å². The Morgan fingerprint density at radius 2 is 1.28 bits per heavy atom. The van der Waals surface area contributed by atoms with Gasteiger partial charge in [-0.25, -0.2) is 15.0 Å². The second kappa shape index (κ2) is 14.6. The van der Waals surface area contributed by atoms with E-state index in [0.29, 0.717) is 44.1 Å². The van der Waals surface area contributed by atoms with Gasteiger partial charge in [-0.15, -0.1) is 11.6 Å². The van der Waals surface area contributed by atoms with Crippen LogP contribution in [0.5, 0.6) is 0 Å². The Balaban J connectivity index is 0.000000285. The molecule has 6 aromatic heterocycles. The third-order valence-corrected chi connectivity index (χ3v) is 5.33. The molecule has 0 amide bonds. The van der Waals surface area contributed by atoms with E-state index in [1.807, 2.05) is 14.1 Å². The first-order chi connectivity index (χ1) is 18.2. The van der Waals surface area contributed by atoms with Gasteiger partial charge in [0.1, 0.15) is 16.6 Å². The van der Waals surface area contributed by atoms with Crippen molar-refractivity contribution in [2.24, 2.45) is 14.1 Å². The third-order valence-electron chi connectivity index (χ3n) is 4.53. The number of rotatable bonds is 1. The third kappa shape index (κ3) is 7.66. The maximum Gasteiger partial charge on any atom is 1.00 e. The fraction of sp³-hybridized carbons (Fsp3) is 0.211. The number of aromatic amines is 1. The molecule has 6 N–H and O–H groups in total. The molecule has 20 heteroatoms. The van der Waals surface area contributed by atoms with Crippen molar-refractivity contribution >= 4 is 97.7 Å². The van der Waals surface area contributed by atoms with Crippen LogP contribution in [0.4, 0.5) is 17.8 Å². The number of aryl methyl sites for hydroxylation is 2. The standard InChI is InChI=1S/C7H8ClN5.C6H6ClN5.C5H4ClN5.CH3Cl.Na.H/c1-9-7-11-5(8)4-6(12-7)13(2)3-10-4;1-12-2-9-3-4(7)10-6(8)11-5(3)12;6-3-2-4(9-1-8-2)11-5(7)10-3;1-2;;/h3H,1-2H3,(H,9,11,12);2H,1H3,(H2,8,10,11);1H,(H3,7,8,9,10,11);1H3;;/q;;;;+1;-1. The van der Waals surface area contributed by atoms with E-state index in [2.05, 4.69) is 66.8 Å². The zero-order valence-electron chi connectivity index (χ0n) is 22.3. The topological polar surface area (TPSA) is 206 Å². The number of hydrogen-bond acceptors (Lipinski definition) is 12. The Morgan fingerprint density at radius 1 is 0.769 bits per heavy atom. The first-order valence-electron chi connectivity index (χ1n) is 10.3. The second-order valence-electron chi connectivity index (χ2n) is 6.99. The van der Waals surface area contributed by atoms with E-state index < -0.39 is 0 Å². The number of imidazole rings is 3. The van der Waals surface area contributed by atoms with Crippen LogP contribution in [0.25, 0.3) is 33.5 Å². The Labute approximate surface area is 264 Å². The first kappa shape index (κ1) is 32.4. The van der Waals surface area contributed by atoms with Crippen LogP contribution < -0.4 is 46.3 Å². The molecule has 0 radical (unpaired) electrons. The molecule has 0 spiro atoms. The molecule has 0 saturated carbocycles. The van der Waals surface area contributed by atoms with Crippen molar-refractivity contribution in [3.05, 3.63) is 34.4 Å². The molecule has 0 aliphatic heterocycles. The molecule has 0 fully saturated rings. The minimum absolute atomic E-state index is 0. The summed E-state index contributed by atoms with van der Waals surface area (Å²) in [5.74, 6) is 0.798. The number of nitrogens with zero attached hydrogens (tertiary/aromatic N) is 11. The van der Waals surface area contributed by atoms with Gasteiger partial charge in [-0.3, -0.25) is 0 Å². The molecule has 6 heterocycles. The van der Waals surface area contributed by atoms with Crippen LogP contribution in [0.1, 0.15) is 1.43 Å². The van der Waals surface area contributed by atoms with Crippen LogP contribution in [-0.2, 0) is 14.1 Å². The van der Waals surface area contributed by atoms with Crippen molar-refractivity contribution in [1.82, 2.24) is 59.0 Å². The maximum absolute atomic E-state index is 5.89. The Morgan fingerprint density at radius 3 is 1.87 bits per heavy atom. The quantitative estimate of drug-likeness (QED) is 0.110. The monoisotopic (exact) mass is 623 g/mol. The molecule has 0 unspecified atom stereocenters. The van der Waals surface area contributed by atoms with Gasteiger partial charge in [0.05, 0.1) is 19.0 Å². The summed E-state index contributed by atoms with van der Waals surface area (Å²) >= 11 is 22.0. The molecule has 0 saturated heterocycles. The summed E-state index contributed by atoms with van der Waals surface area (Å²) in [5, 5.41) is 3.79. The number of anilines is 3. The summed E-state index contributed by atoms with van der Waals surface area (Å²) in [6.45, 7) is 0. The average molecular weight is 625 g/mol. The van der Waals surface area contributed by atoms with Crippen molar-refractivity contribution in [2.45, 2.75) is 0 Å². The summed E-state index contributed by atoms with van der Waals surface area (Å²) in [4.78, 5) is 38.3. The predicted molar refractivity (Wildman–Crippen MR) is 151 cm³/mol. The predicted octanol–water partition coefficient (Wildman–Crippen LogP) is 0.217. The molecule has 39 heavy (non-hydrogen) atoms. The number of halogens is 4. The summed E-state index contributed by atoms with van der Waals surface area (Å²) in [5.41, 5.74) is 14.4. The number of nitrogens with two attached hydrogens (primary N) is 2. The molecule has 0 aromatic carbocycles. The molecule has 0 aliphatic carbocycles. The Bertz CT molecular complexity index is 1690. The molecule has 15 nitrogen and oxygen atoms in total. The average Bonchev–Trinajstić information content (AvgIpc) is 3.61. The summed E-state index contributed by atoms with van der Waals surface area (Å²) in [7, 11) is 5.42. The molecule has 202 valence electrons. The normalized spacial score (nSPS) is 10.1. The van der Waals surface area contributed by atoms with Crippen molar-refractivity contribution in [1.29, 1.82) is 0 Å². The molecule has 6 rings (SSSR count). The van der Waals surface area contributed by atoms with E-state index in [4.69, 9.17) is 46.3 Å². The fourth-order valence-electron chi connectivity index (χ4n) is 2.89. The minimum Gasteiger partial charge on any atom is -1.00 e. The zero-order chi connectivity index (χ0) is 28.0. The smallest absolute Gasteiger partial charge is 1.00 e. The van der Waals surface area contributed by atoms with Crippen LogP contribution >= 0.6 is 46.4 Å². The van der Waals surface area contributed by atoms with E-state index in [0.717, 1.165) is 5.65 Å². The van der Waals surface area contributed by atoms with Crippen molar-refractivity contribution < 1.29 is 31.0 Å². The SMILES string of the molecule is CCl.CNc1nc(Cl)c2ncn(C)c2n1.Cn1cnc2c(Cl)nc(N)nc21.Nc1nc(Cl)c2[nH]cnc2n1.[H-].[Na+]. The first-order valence-corrected chi connectivity index (χ1v) is 12.2. The van der Waals surface area contributed by atoms with Gasteiger partial charge in [-0.05, 0) is 0 Å². The number of nitrogen functional groups attached to an aromatic ring is 2. The fourth-order valence-corrected chi connectivity index (χ4v) is 3.54. The van der Waals surface area contributed by atoms with Crippen molar-refractivity contribution in [3.63, 3.8) is 0 Å². The van der Waals surface area contributed by atoms with Gasteiger partial charge < -0.3 is 32.3 Å². The largest absolute Gasteiger partial charge is 1.00 e. The molecule has 0 atom stereocenters. The maximum atomic E-state index is 5.89. The number of aromatic nitrogens is 12. The van der Waals surface area contributed by atoms with Gasteiger partial charge in [-0.1, -0.05) is 34.8 Å². The Hall–Kier alpha value is -2.79. The molecule has 0 aliphatic rings. The number of fused-ring (bicyclic) bond motifs is 3. The number of H-pyrrole nitrogens is 1. The van der Waals surface area contributed by atoms with Crippen molar-refractivity contribution in [2.75, 3.05) is 30.2 Å². The van der Waals surface area contributed by atoms with Gasteiger partial charge in [0.15, 0.2) is 32.4 Å². The zero-order valence-corrected chi connectivity index (χ0v) is 26.3. The van der Waals surface area contributed by atoms with Gasteiger partial charge in [0.2, 0.25) is 17.8 Å². The van der Waals surface area contributed by atoms with E-state index in [9.17, 15) is 0 Å². The van der Waals surface area contributed by atoms with Crippen LogP contribution in [-0.4, -0.2) is 72.4 Å².